The fourth-order valence-electron chi connectivity index (χ4n) is 18.0. The van der Waals surface area contributed by atoms with Gasteiger partial charge in [-0.3, -0.25) is 0 Å². The molecule has 0 aliphatic heterocycles. The highest BCUT2D eigenvalue weighted by molar-refractivity contribution is 7.26. The van der Waals surface area contributed by atoms with Crippen LogP contribution in [0.15, 0.2) is 413 Å². The van der Waals surface area contributed by atoms with Gasteiger partial charge in [0.2, 0.25) is 0 Å². The number of rotatable bonds is 10. The molecule has 0 spiro atoms. The van der Waals surface area contributed by atoms with Crippen molar-refractivity contribution in [2.75, 3.05) is 0 Å². The van der Waals surface area contributed by atoms with Crippen molar-refractivity contribution in [2.24, 2.45) is 0 Å². The van der Waals surface area contributed by atoms with Crippen LogP contribution in [0, 0.1) is 0 Å². The Morgan fingerprint density at radius 2 is 0.395 bits per heavy atom. The highest BCUT2D eigenvalue weighted by Crippen LogP contribution is 2.47. The summed E-state index contributed by atoms with van der Waals surface area (Å²) in [5.74, 6) is 0. The smallest absolute Gasteiger partial charge is 0.0555 e. The van der Waals surface area contributed by atoms with Crippen molar-refractivity contribution in [3.63, 3.8) is 0 Å². The molecule has 0 bridgehead atoms. The number of benzene rings is 18. The van der Waals surface area contributed by atoms with Crippen molar-refractivity contribution in [3.05, 3.63) is 413 Å². The lowest BCUT2D eigenvalue weighted by Crippen LogP contribution is -1.94. The molecule has 6 heteroatoms. The van der Waals surface area contributed by atoms with Gasteiger partial charge in [-0.25, -0.2) is 0 Å². The third-order valence-corrected chi connectivity index (χ3v) is 25.7. The maximum Gasteiger partial charge on any atom is 0.0555 e. The van der Waals surface area contributed by atoms with E-state index < -0.39 is 0 Å². The predicted octanol–water partition coefficient (Wildman–Crippen LogP) is 30.5. The molecule has 0 unspecified atom stereocenters. The topological polar surface area (TPSA) is 19.7 Å². The van der Waals surface area contributed by atoms with E-state index in [9.17, 15) is 0 Å². The molecule has 0 amide bonds. The summed E-state index contributed by atoms with van der Waals surface area (Å²) >= 11 is 3.76. The van der Waals surface area contributed by atoms with Gasteiger partial charge >= 0.3 is 0 Å². The molecule has 0 saturated heterocycles. The molecule has 4 nitrogen and oxygen atoms in total. The van der Waals surface area contributed by atoms with Crippen LogP contribution in [0.4, 0.5) is 0 Å². The minimum absolute atomic E-state index is 1.16. The summed E-state index contributed by atoms with van der Waals surface area (Å²) in [4.78, 5) is 0. The van der Waals surface area contributed by atoms with E-state index in [2.05, 4.69) is 431 Å². The normalized spacial score (nSPS) is 11.9. The van der Waals surface area contributed by atoms with E-state index in [1.807, 2.05) is 22.7 Å². The number of fused-ring (bicyclic) bond motifs is 18. The first kappa shape index (κ1) is 65.5. The molecule has 0 saturated carbocycles. The summed E-state index contributed by atoms with van der Waals surface area (Å²) in [6.07, 6.45) is 0. The summed E-state index contributed by atoms with van der Waals surface area (Å²) in [5, 5.41) is 15.3. The molecule has 24 aromatic rings. The first-order valence-corrected chi connectivity index (χ1v) is 40.6. The first-order chi connectivity index (χ1) is 56.5. The van der Waals surface area contributed by atoms with Crippen LogP contribution in [0.2, 0.25) is 0 Å². The fourth-order valence-corrected chi connectivity index (χ4v) is 20.3. The lowest BCUT2D eigenvalue weighted by Gasteiger charge is -2.11. The van der Waals surface area contributed by atoms with Crippen molar-refractivity contribution in [1.29, 1.82) is 0 Å². The van der Waals surface area contributed by atoms with Gasteiger partial charge in [0.25, 0.3) is 0 Å². The summed E-state index contributed by atoms with van der Waals surface area (Å²) in [6.45, 7) is 0. The molecule has 0 aliphatic carbocycles. The average Bonchev–Trinajstić information content (AvgIpc) is 1.56. The van der Waals surface area contributed by atoms with Gasteiger partial charge in [-0.05, 0) is 212 Å². The largest absolute Gasteiger partial charge is 0.309 e. The zero-order valence-electron chi connectivity index (χ0n) is 61.9. The van der Waals surface area contributed by atoms with Crippen LogP contribution in [0.5, 0.6) is 0 Å². The Morgan fingerprint density at radius 1 is 0.123 bits per heavy atom. The Kier molecular flexibility index (Phi) is 15.3. The predicted molar refractivity (Wildman–Crippen MR) is 489 cm³/mol. The van der Waals surface area contributed by atoms with E-state index in [1.54, 1.807) is 0 Å². The van der Waals surface area contributed by atoms with Crippen molar-refractivity contribution in [3.8, 4) is 89.5 Å². The van der Waals surface area contributed by atoms with E-state index in [-0.39, 0.29) is 0 Å². The Labute approximate surface area is 665 Å². The molecule has 6 heterocycles. The van der Waals surface area contributed by atoms with Gasteiger partial charge in [0.15, 0.2) is 0 Å². The van der Waals surface area contributed by atoms with E-state index in [0.717, 1.165) is 22.7 Å². The van der Waals surface area contributed by atoms with E-state index >= 15 is 0 Å². The molecule has 0 N–H and O–H groups in total. The van der Waals surface area contributed by atoms with Gasteiger partial charge in [0.1, 0.15) is 0 Å². The van der Waals surface area contributed by atoms with Crippen LogP contribution in [0.3, 0.4) is 0 Å². The number of nitrogens with zero attached hydrogens (tertiary/aromatic N) is 4. The summed E-state index contributed by atoms with van der Waals surface area (Å²) in [6, 6.07) is 151. The standard InChI is InChI=1S/2C54H34N2S/c1-3-12-35(13-4-1)37-22-26-41(27-23-37)55-49-20-9-7-18-43(49)45-31-39(24-28-50(45)55)40-25-29-51-46(32-40)47-34-54-48(44-19-8-10-21-53(44)57-54)33-52(47)56(51)42-17-11-16-38(30-42)36-14-5-2-6-15-36;1-3-12-35(13-4-1)37-22-26-41(27-23-37)55-49-20-9-7-18-43(49)45-31-39(24-28-50(45)55)40-25-29-51-46(32-40)47-33-48-44-19-8-10-21-53(44)57-54(48)34-52(47)56(51)42-17-11-16-38(30-42)36-14-5-2-6-15-36/h2*1-34H. The number of hydrogen-bond donors (Lipinski definition) is 0. The van der Waals surface area contributed by atoms with Crippen LogP contribution in [-0.2, 0) is 0 Å². The van der Waals surface area contributed by atoms with Crippen LogP contribution in [-0.4, -0.2) is 18.3 Å². The Bertz CT molecular complexity index is 7920. The molecule has 0 radical (unpaired) electrons. The van der Waals surface area contributed by atoms with Gasteiger partial charge < -0.3 is 18.3 Å². The van der Waals surface area contributed by atoms with Crippen LogP contribution in [0.25, 0.3) is 217 Å². The van der Waals surface area contributed by atoms with Gasteiger partial charge in [-0.2, -0.15) is 0 Å². The maximum atomic E-state index is 2.46. The quantitative estimate of drug-likeness (QED) is 0.130. The lowest BCUT2D eigenvalue weighted by molar-refractivity contribution is 1.18. The lowest BCUT2D eigenvalue weighted by atomic mass is 10.00. The van der Waals surface area contributed by atoms with Crippen LogP contribution in [0.1, 0.15) is 0 Å². The third-order valence-electron chi connectivity index (χ3n) is 23.4. The van der Waals surface area contributed by atoms with Gasteiger partial charge in [-0.1, -0.05) is 267 Å². The van der Waals surface area contributed by atoms with Crippen molar-refractivity contribution in [2.45, 2.75) is 0 Å². The highest BCUT2D eigenvalue weighted by Gasteiger charge is 2.23. The SMILES string of the molecule is c1ccc(-c2ccc(-n3c4ccccc4c4cc(-c5ccc6c(c5)c5cc7c(cc5n6-c5cccc(-c6ccccc6)c5)sc5ccccc57)ccc43)cc2)cc1.c1ccc(-c2ccc(-n3c4ccccc4c4cc(-c5ccc6c(c5)c5cc7sc8ccccc8c7cc5n6-c5cccc(-c6ccccc6)c5)ccc43)cc2)cc1. The zero-order valence-corrected chi connectivity index (χ0v) is 63.5. The Balaban J connectivity index is 0.000000135. The molecule has 0 atom stereocenters. The van der Waals surface area contributed by atoms with Crippen molar-refractivity contribution >= 4 is 150 Å². The molecule has 0 aliphatic rings. The number of hydrogen-bond acceptors (Lipinski definition) is 2. The minimum Gasteiger partial charge on any atom is -0.309 e. The molecule has 532 valence electrons. The molecule has 18 aromatic carbocycles. The zero-order chi connectivity index (χ0) is 74.9. The first-order valence-electron chi connectivity index (χ1n) is 39.0. The molecule has 0 fully saturated rings. The summed E-state index contributed by atoms with van der Waals surface area (Å²) < 4.78 is 15.0. The monoisotopic (exact) mass is 1480 g/mol. The fraction of sp³-hybridized carbons (Fsp3) is 0. The van der Waals surface area contributed by atoms with Gasteiger partial charge in [0.05, 0.1) is 44.1 Å². The third kappa shape index (κ3) is 10.9. The molecular weight excluding hydrogens is 1420 g/mol. The molecule has 24 rings (SSSR count). The summed E-state index contributed by atoms with van der Waals surface area (Å²) in [5.41, 5.74) is 28.9. The average molecular weight is 1490 g/mol. The van der Waals surface area contributed by atoms with Crippen molar-refractivity contribution in [1.82, 2.24) is 18.3 Å². The maximum absolute atomic E-state index is 2.46. The second kappa shape index (κ2) is 26.7. The number of aromatic nitrogens is 4. The second-order valence-corrected chi connectivity index (χ2v) is 32.1. The van der Waals surface area contributed by atoms with Crippen molar-refractivity contribution < 1.29 is 0 Å². The van der Waals surface area contributed by atoms with E-state index in [0.29, 0.717) is 0 Å². The summed E-state index contributed by atoms with van der Waals surface area (Å²) in [7, 11) is 0. The second-order valence-electron chi connectivity index (χ2n) is 29.9. The Hall–Kier alpha value is -14.4. The van der Waals surface area contributed by atoms with E-state index in [4.69, 9.17) is 0 Å². The van der Waals surface area contributed by atoms with Gasteiger partial charge in [0, 0.05) is 106 Å². The highest BCUT2D eigenvalue weighted by atomic mass is 32.1. The molecular formula is C108H68N4S2. The van der Waals surface area contributed by atoms with Crippen LogP contribution >= 0.6 is 22.7 Å². The van der Waals surface area contributed by atoms with Gasteiger partial charge in [-0.15, -0.1) is 22.7 Å². The Morgan fingerprint density at radius 3 is 0.816 bits per heavy atom. The van der Waals surface area contributed by atoms with Crippen LogP contribution < -0.4 is 0 Å². The molecule has 6 aromatic heterocycles. The molecule has 114 heavy (non-hydrogen) atoms. The number of para-hydroxylation sites is 2. The van der Waals surface area contributed by atoms with E-state index in [1.165, 1.54) is 194 Å². The number of thiophene rings is 2. The minimum atomic E-state index is 1.16.